The van der Waals surface area contributed by atoms with Crippen LogP contribution in [0.2, 0.25) is 0 Å². The van der Waals surface area contributed by atoms with Gasteiger partial charge in [-0.15, -0.1) is 6.58 Å². The lowest BCUT2D eigenvalue weighted by atomic mass is 10.1. The molecule has 0 bridgehead atoms. The zero-order valence-electron chi connectivity index (χ0n) is 15.1. The number of ether oxygens (including phenoxy) is 1. The van der Waals surface area contributed by atoms with Gasteiger partial charge in [0.05, 0.1) is 18.6 Å². The molecule has 1 aliphatic rings. The van der Waals surface area contributed by atoms with Crippen LogP contribution >= 0.6 is 27.7 Å². The minimum atomic E-state index is -0.338. The number of imide groups is 1. The van der Waals surface area contributed by atoms with Crippen molar-refractivity contribution in [2.24, 2.45) is 0 Å². The number of nitrogens with zero attached hydrogens (tertiary/aromatic N) is 1. The molecule has 0 aromatic heterocycles. The summed E-state index contributed by atoms with van der Waals surface area (Å²) >= 11 is 4.27. The molecule has 0 unspecified atom stereocenters. The fourth-order valence-corrected chi connectivity index (χ4v) is 3.90. The van der Waals surface area contributed by atoms with Crippen molar-refractivity contribution in [1.82, 2.24) is 4.90 Å². The molecule has 1 N–H and O–H groups in total. The quantitative estimate of drug-likeness (QED) is 0.479. The standard InChI is InChI=1S/C21H18BrNO4S/c1-3-4-15-9-14(10-17(27-2)19(15)24)11-18-20(25)23(21(26)28-18)12-13-5-7-16(22)8-6-13/h3,5-11,24H,1,4,12H2,2H3/b18-11-. The Morgan fingerprint density at radius 2 is 1.96 bits per heavy atom. The van der Waals surface area contributed by atoms with Gasteiger partial charge in [0, 0.05) is 10.0 Å². The predicted octanol–water partition coefficient (Wildman–Crippen LogP) is 5.13. The van der Waals surface area contributed by atoms with Crippen LogP contribution in [0.15, 0.2) is 58.4 Å². The molecule has 1 aliphatic heterocycles. The van der Waals surface area contributed by atoms with Gasteiger partial charge in [-0.2, -0.15) is 0 Å². The molecule has 2 aromatic rings. The molecule has 2 aromatic carbocycles. The Kier molecular flexibility index (Phi) is 6.26. The number of allylic oxidation sites excluding steroid dienone is 1. The topological polar surface area (TPSA) is 66.8 Å². The van der Waals surface area contributed by atoms with Crippen molar-refractivity contribution in [3.05, 3.63) is 75.1 Å². The van der Waals surface area contributed by atoms with Gasteiger partial charge >= 0.3 is 0 Å². The lowest BCUT2D eigenvalue weighted by Gasteiger charge is -2.12. The van der Waals surface area contributed by atoms with Gasteiger partial charge in [-0.1, -0.05) is 34.1 Å². The number of amides is 2. The van der Waals surface area contributed by atoms with E-state index in [1.54, 1.807) is 24.3 Å². The van der Waals surface area contributed by atoms with Crippen molar-refractivity contribution in [2.45, 2.75) is 13.0 Å². The first-order chi connectivity index (χ1) is 13.4. The number of carbonyl (C=O) groups is 2. The summed E-state index contributed by atoms with van der Waals surface area (Å²) in [4.78, 5) is 26.6. The number of aromatic hydroxyl groups is 1. The van der Waals surface area contributed by atoms with Gasteiger partial charge in [-0.3, -0.25) is 14.5 Å². The van der Waals surface area contributed by atoms with Crippen LogP contribution in [0.5, 0.6) is 11.5 Å². The second-order valence-electron chi connectivity index (χ2n) is 6.12. The summed E-state index contributed by atoms with van der Waals surface area (Å²) in [5.74, 6) is 0.0119. The highest BCUT2D eigenvalue weighted by Gasteiger charge is 2.35. The number of halogens is 1. The smallest absolute Gasteiger partial charge is 0.293 e. The molecule has 1 saturated heterocycles. The zero-order chi connectivity index (χ0) is 20.3. The van der Waals surface area contributed by atoms with Gasteiger partial charge in [0.1, 0.15) is 0 Å². The summed E-state index contributed by atoms with van der Waals surface area (Å²) < 4.78 is 6.14. The third kappa shape index (κ3) is 4.31. The summed E-state index contributed by atoms with van der Waals surface area (Å²) in [6, 6.07) is 10.8. The maximum Gasteiger partial charge on any atom is 0.293 e. The van der Waals surface area contributed by atoms with E-state index in [-0.39, 0.29) is 23.4 Å². The molecule has 7 heteroatoms. The largest absolute Gasteiger partial charge is 0.504 e. The van der Waals surface area contributed by atoms with E-state index in [2.05, 4.69) is 22.5 Å². The second-order valence-corrected chi connectivity index (χ2v) is 8.03. The Hall–Kier alpha value is -2.51. The molecule has 0 radical (unpaired) electrons. The molecule has 28 heavy (non-hydrogen) atoms. The van der Waals surface area contributed by atoms with Crippen LogP contribution < -0.4 is 4.74 Å². The Bertz CT molecular complexity index is 969. The van der Waals surface area contributed by atoms with Crippen molar-refractivity contribution in [3.8, 4) is 11.5 Å². The molecular weight excluding hydrogens is 442 g/mol. The number of rotatable bonds is 6. The first-order valence-corrected chi connectivity index (χ1v) is 10.0. The lowest BCUT2D eigenvalue weighted by Crippen LogP contribution is -2.27. The number of carbonyl (C=O) groups excluding carboxylic acids is 2. The van der Waals surface area contributed by atoms with Gasteiger partial charge in [0.2, 0.25) is 0 Å². The molecule has 5 nitrogen and oxygen atoms in total. The fourth-order valence-electron chi connectivity index (χ4n) is 2.80. The van der Waals surface area contributed by atoms with Crippen LogP contribution in [0.4, 0.5) is 4.79 Å². The van der Waals surface area contributed by atoms with Crippen LogP contribution in [0.3, 0.4) is 0 Å². The number of thioether (sulfide) groups is 1. The lowest BCUT2D eigenvalue weighted by molar-refractivity contribution is -0.123. The number of hydrogen-bond donors (Lipinski definition) is 1. The number of benzene rings is 2. The first kappa shape index (κ1) is 20.2. The van der Waals surface area contributed by atoms with Crippen LogP contribution in [-0.4, -0.2) is 28.3 Å². The molecular formula is C21H18BrNO4S. The van der Waals surface area contributed by atoms with Crippen LogP contribution in [0, 0.1) is 0 Å². The van der Waals surface area contributed by atoms with Crippen molar-refractivity contribution in [2.75, 3.05) is 7.11 Å². The van der Waals surface area contributed by atoms with E-state index >= 15 is 0 Å². The molecule has 2 amide bonds. The third-order valence-corrected chi connectivity index (χ3v) is 5.62. The first-order valence-electron chi connectivity index (χ1n) is 8.43. The number of phenols is 1. The molecule has 0 aliphatic carbocycles. The van der Waals surface area contributed by atoms with Crippen LogP contribution in [0.25, 0.3) is 6.08 Å². The van der Waals surface area contributed by atoms with Gasteiger partial charge in [-0.25, -0.2) is 0 Å². The summed E-state index contributed by atoms with van der Waals surface area (Å²) in [5.41, 5.74) is 2.17. The van der Waals surface area contributed by atoms with Crippen molar-refractivity contribution >= 4 is 44.9 Å². The summed E-state index contributed by atoms with van der Waals surface area (Å²) in [7, 11) is 1.46. The molecule has 0 atom stereocenters. The Morgan fingerprint density at radius 3 is 2.61 bits per heavy atom. The zero-order valence-corrected chi connectivity index (χ0v) is 17.5. The number of phenolic OH excluding ortho intramolecular Hbond substituents is 1. The SMILES string of the molecule is C=CCc1cc(/C=C2\SC(=O)N(Cc3ccc(Br)cc3)C2=O)cc(OC)c1O. The van der Waals surface area contributed by atoms with Crippen LogP contribution in [0.1, 0.15) is 16.7 Å². The summed E-state index contributed by atoms with van der Waals surface area (Å²) in [6.45, 7) is 3.90. The minimum absolute atomic E-state index is 0.0443. The van der Waals surface area contributed by atoms with E-state index in [4.69, 9.17) is 4.74 Å². The maximum absolute atomic E-state index is 12.7. The summed E-state index contributed by atoms with van der Waals surface area (Å²) in [5, 5.41) is 9.88. The van der Waals surface area contributed by atoms with Gasteiger partial charge < -0.3 is 9.84 Å². The van der Waals surface area contributed by atoms with E-state index in [1.807, 2.05) is 24.3 Å². The highest BCUT2D eigenvalue weighted by Crippen LogP contribution is 2.36. The van der Waals surface area contributed by atoms with E-state index in [0.29, 0.717) is 28.2 Å². The van der Waals surface area contributed by atoms with E-state index in [1.165, 1.54) is 12.0 Å². The Labute approximate surface area is 175 Å². The van der Waals surface area contributed by atoms with Crippen molar-refractivity contribution < 1.29 is 19.4 Å². The van der Waals surface area contributed by atoms with E-state index in [0.717, 1.165) is 21.8 Å². The predicted molar refractivity (Wildman–Crippen MR) is 114 cm³/mol. The number of hydrogen-bond acceptors (Lipinski definition) is 5. The maximum atomic E-state index is 12.7. The molecule has 144 valence electrons. The normalized spacial score (nSPS) is 15.4. The minimum Gasteiger partial charge on any atom is -0.504 e. The highest BCUT2D eigenvalue weighted by molar-refractivity contribution is 9.10. The number of methoxy groups -OCH3 is 1. The average molecular weight is 460 g/mol. The van der Waals surface area contributed by atoms with E-state index in [9.17, 15) is 14.7 Å². The van der Waals surface area contributed by atoms with Crippen molar-refractivity contribution in [3.63, 3.8) is 0 Å². The molecule has 0 saturated carbocycles. The Balaban J connectivity index is 1.88. The Morgan fingerprint density at radius 1 is 1.25 bits per heavy atom. The highest BCUT2D eigenvalue weighted by atomic mass is 79.9. The molecule has 1 fully saturated rings. The van der Waals surface area contributed by atoms with Gasteiger partial charge in [0.15, 0.2) is 11.5 Å². The van der Waals surface area contributed by atoms with Crippen molar-refractivity contribution in [1.29, 1.82) is 0 Å². The molecule has 1 heterocycles. The van der Waals surface area contributed by atoms with E-state index < -0.39 is 0 Å². The third-order valence-electron chi connectivity index (χ3n) is 4.19. The summed E-state index contributed by atoms with van der Waals surface area (Å²) in [6.07, 6.45) is 3.76. The van der Waals surface area contributed by atoms with Crippen LogP contribution in [-0.2, 0) is 17.8 Å². The average Bonchev–Trinajstić information content (AvgIpc) is 2.93. The molecule has 0 spiro atoms. The molecule has 3 rings (SSSR count). The second kappa shape index (κ2) is 8.67. The fraction of sp³-hybridized carbons (Fsp3) is 0.143. The van der Waals surface area contributed by atoms with Gasteiger partial charge in [0.25, 0.3) is 11.1 Å². The monoisotopic (exact) mass is 459 g/mol. The van der Waals surface area contributed by atoms with Gasteiger partial charge in [-0.05, 0) is 59.7 Å².